The first kappa shape index (κ1) is 15.5. The average Bonchev–Trinajstić information content (AvgIpc) is 3.18. The molecule has 5 rings (SSSR count). The molecule has 0 radical (unpaired) electrons. The van der Waals surface area contributed by atoms with Gasteiger partial charge in [-0.05, 0) is 49.7 Å². The van der Waals surface area contributed by atoms with Gasteiger partial charge in [-0.1, -0.05) is 18.2 Å². The van der Waals surface area contributed by atoms with Crippen molar-refractivity contribution in [1.29, 1.82) is 0 Å². The van der Waals surface area contributed by atoms with Gasteiger partial charge in [0.05, 0.1) is 11.7 Å². The van der Waals surface area contributed by atoms with E-state index in [1.807, 2.05) is 29.2 Å². The fourth-order valence-corrected chi connectivity index (χ4v) is 4.08. The summed E-state index contributed by atoms with van der Waals surface area (Å²) in [7, 11) is 0. The standard InChI is InChI=1S/C21H21N5/c1-2-4-19-18(3-1)17(5-10-22-19)15-25-13-8-16(9-14-25)20-6-11-23-21-7-12-24-26(20)21/h1-7,10-12,16H,8-9,13-15H2. The van der Waals surface area contributed by atoms with Gasteiger partial charge in [0.2, 0.25) is 0 Å². The molecule has 3 aromatic heterocycles. The maximum atomic E-state index is 4.48. The highest BCUT2D eigenvalue weighted by atomic mass is 15.3. The third-order valence-corrected chi connectivity index (χ3v) is 5.46. The molecule has 1 aliphatic rings. The van der Waals surface area contributed by atoms with E-state index in [4.69, 9.17) is 0 Å². The predicted molar refractivity (Wildman–Crippen MR) is 102 cm³/mol. The number of hydrogen-bond acceptors (Lipinski definition) is 4. The zero-order chi connectivity index (χ0) is 17.3. The van der Waals surface area contributed by atoms with E-state index in [0.717, 1.165) is 43.6 Å². The number of likely N-dealkylation sites (tertiary alicyclic amines) is 1. The van der Waals surface area contributed by atoms with Gasteiger partial charge in [0.15, 0.2) is 5.65 Å². The number of para-hydroxylation sites is 1. The Morgan fingerprint density at radius 2 is 1.73 bits per heavy atom. The van der Waals surface area contributed by atoms with Crippen molar-refractivity contribution in [2.24, 2.45) is 0 Å². The van der Waals surface area contributed by atoms with E-state index in [1.165, 1.54) is 16.6 Å². The van der Waals surface area contributed by atoms with Crippen LogP contribution >= 0.6 is 0 Å². The Hall–Kier alpha value is -2.79. The van der Waals surface area contributed by atoms with Crippen molar-refractivity contribution in [2.75, 3.05) is 13.1 Å². The lowest BCUT2D eigenvalue weighted by Gasteiger charge is -2.32. The van der Waals surface area contributed by atoms with E-state index in [0.29, 0.717) is 5.92 Å². The highest BCUT2D eigenvalue weighted by molar-refractivity contribution is 5.81. The van der Waals surface area contributed by atoms with Crippen LogP contribution in [0, 0.1) is 0 Å². The summed E-state index contributed by atoms with van der Waals surface area (Å²) in [6.07, 6.45) is 7.97. The number of rotatable bonds is 3. The van der Waals surface area contributed by atoms with Gasteiger partial charge >= 0.3 is 0 Å². The summed E-state index contributed by atoms with van der Waals surface area (Å²) in [6, 6.07) is 14.7. The Morgan fingerprint density at radius 1 is 0.885 bits per heavy atom. The number of pyridine rings is 1. The Bertz CT molecular complexity index is 1040. The molecule has 0 saturated carbocycles. The summed E-state index contributed by atoms with van der Waals surface area (Å²) in [5, 5.41) is 5.72. The molecular weight excluding hydrogens is 322 g/mol. The van der Waals surface area contributed by atoms with Crippen molar-refractivity contribution in [3.63, 3.8) is 0 Å². The molecule has 0 bridgehead atoms. The van der Waals surface area contributed by atoms with Gasteiger partial charge in [-0.3, -0.25) is 9.88 Å². The van der Waals surface area contributed by atoms with Crippen LogP contribution in [0.1, 0.15) is 30.0 Å². The van der Waals surface area contributed by atoms with Crippen molar-refractivity contribution < 1.29 is 0 Å². The molecule has 0 amide bonds. The second-order valence-corrected chi connectivity index (χ2v) is 7.01. The van der Waals surface area contributed by atoms with Crippen molar-refractivity contribution in [1.82, 2.24) is 24.5 Å². The Balaban J connectivity index is 1.32. The van der Waals surface area contributed by atoms with E-state index in [-0.39, 0.29) is 0 Å². The third-order valence-electron chi connectivity index (χ3n) is 5.46. The molecule has 0 unspecified atom stereocenters. The molecule has 4 heterocycles. The van der Waals surface area contributed by atoms with Crippen molar-refractivity contribution >= 4 is 16.6 Å². The summed E-state index contributed by atoms with van der Waals surface area (Å²) >= 11 is 0. The molecule has 0 N–H and O–H groups in total. The number of fused-ring (bicyclic) bond motifs is 2. The summed E-state index contributed by atoms with van der Waals surface area (Å²) in [5.74, 6) is 0.547. The molecule has 0 spiro atoms. The fourth-order valence-electron chi connectivity index (χ4n) is 4.08. The fraction of sp³-hybridized carbons (Fsp3) is 0.286. The van der Waals surface area contributed by atoms with Crippen LogP contribution in [0.2, 0.25) is 0 Å². The predicted octanol–water partition coefficient (Wildman–Crippen LogP) is 3.66. The van der Waals surface area contributed by atoms with Gasteiger partial charge in [-0.15, -0.1) is 0 Å². The Kier molecular flexibility index (Phi) is 3.87. The number of benzene rings is 1. The first-order chi connectivity index (χ1) is 12.9. The smallest absolute Gasteiger partial charge is 0.155 e. The van der Waals surface area contributed by atoms with Crippen molar-refractivity contribution in [3.8, 4) is 0 Å². The highest BCUT2D eigenvalue weighted by Crippen LogP contribution is 2.29. The zero-order valence-corrected chi connectivity index (χ0v) is 14.6. The first-order valence-corrected chi connectivity index (χ1v) is 9.22. The van der Waals surface area contributed by atoms with Crippen LogP contribution in [-0.2, 0) is 6.54 Å². The molecular formula is C21H21N5. The maximum Gasteiger partial charge on any atom is 0.155 e. The molecule has 1 aromatic carbocycles. The number of piperidine rings is 1. The van der Waals surface area contributed by atoms with Gasteiger partial charge in [0.1, 0.15) is 0 Å². The van der Waals surface area contributed by atoms with Gasteiger partial charge in [0, 0.05) is 42.0 Å². The molecule has 5 nitrogen and oxygen atoms in total. The van der Waals surface area contributed by atoms with Gasteiger partial charge in [0.25, 0.3) is 0 Å². The van der Waals surface area contributed by atoms with Crippen LogP contribution in [0.4, 0.5) is 0 Å². The lowest BCUT2D eigenvalue weighted by Crippen LogP contribution is -2.33. The van der Waals surface area contributed by atoms with E-state index >= 15 is 0 Å². The minimum absolute atomic E-state index is 0.547. The first-order valence-electron chi connectivity index (χ1n) is 9.22. The number of aromatic nitrogens is 4. The highest BCUT2D eigenvalue weighted by Gasteiger charge is 2.23. The Morgan fingerprint density at radius 3 is 2.65 bits per heavy atom. The molecule has 0 atom stereocenters. The van der Waals surface area contributed by atoms with Gasteiger partial charge in [-0.2, -0.15) is 5.10 Å². The lowest BCUT2D eigenvalue weighted by atomic mass is 9.93. The lowest BCUT2D eigenvalue weighted by molar-refractivity contribution is 0.203. The number of hydrogen-bond donors (Lipinski definition) is 0. The molecule has 1 aliphatic heterocycles. The van der Waals surface area contributed by atoms with Crippen molar-refractivity contribution in [2.45, 2.75) is 25.3 Å². The molecule has 130 valence electrons. The molecule has 26 heavy (non-hydrogen) atoms. The van der Waals surface area contributed by atoms with E-state index in [1.54, 1.807) is 0 Å². The van der Waals surface area contributed by atoms with E-state index < -0.39 is 0 Å². The Labute approximate surface area is 152 Å². The van der Waals surface area contributed by atoms with Crippen LogP contribution in [0.15, 0.2) is 61.1 Å². The average molecular weight is 343 g/mol. The summed E-state index contributed by atoms with van der Waals surface area (Å²) < 4.78 is 2.00. The zero-order valence-electron chi connectivity index (χ0n) is 14.6. The molecule has 5 heteroatoms. The van der Waals surface area contributed by atoms with E-state index in [9.17, 15) is 0 Å². The molecule has 1 fully saturated rings. The number of nitrogens with zero attached hydrogens (tertiary/aromatic N) is 5. The van der Waals surface area contributed by atoms with Crippen LogP contribution in [0.25, 0.3) is 16.6 Å². The summed E-state index contributed by atoms with van der Waals surface area (Å²) in [4.78, 5) is 11.4. The minimum atomic E-state index is 0.547. The van der Waals surface area contributed by atoms with Crippen LogP contribution in [0.5, 0.6) is 0 Å². The molecule has 4 aromatic rings. The second kappa shape index (κ2) is 6.50. The normalized spacial score (nSPS) is 16.5. The monoisotopic (exact) mass is 343 g/mol. The molecule has 0 aliphatic carbocycles. The van der Waals surface area contributed by atoms with Crippen molar-refractivity contribution in [3.05, 3.63) is 72.3 Å². The largest absolute Gasteiger partial charge is 0.299 e. The summed E-state index contributed by atoms with van der Waals surface area (Å²) in [6.45, 7) is 3.20. The van der Waals surface area contributed by atoms with Gasteiger partial charge in [-0.25, -0.2) is 9.50 Å². The van der Waals surface area contributed by atoms with E-state index in [2.05, 4.69) is 56.4 Å². The quantitative estimate of drug-likeness (QED) is 0.569. The summed E-state index contributed by atoms with van der Waals surface area (Å²) in [5.41, 5.74) is 4.67. The second-order valence-electron chi connectivity index (χ2n) is 7.01. The third kappa shape index (κ3) is 2.74. The van der Waals surface area contributed by atoms with Crippen LogP contribution in [0.3, 0.4) is 0 Å². The minimum Gasteiger partial charge on any atom is -0.299 e. The molecule has 1 saturated heterocycles. The van der Waals surface area contributed by atoms with Crippen LogP contribution in [-0.4, -0.2) is 37.6 Å². The maximum absolute atomic E-state index is 4.48. The van der Waals surface area contributed by atoms with Gasteiger partial charge < -0.3 is 0 Å². The SMILES string of the molecule is c1ccc2c(CN3CCC(c4ccnc5ccnn45)CC3)ccnc2c1. The topological polar surface area (TPSA) is 46.3 Å². The van der Waals surface area contributed by atoms with Crippen LogP contribution < -0.4 is 0 Å².